The molecular weight excluding hydrogens is 477 g/mol. The molecule has 5 aromatic carbocycles. The molecule has 0 bridgehead atoms. The summed E-state index contributed by atoms with van der Waals surface area (Å²) in [6.45, 7) is 0. The van der Waals surface area contributed by atoms with E-state index in [-0.39, 0.29) is 0 Å². The van der Waals surface area contributed by atoms with Crippen LogP contribution < -0.4 is 0 Å². The Hall–Kier alpha value is -4.12. The number of hydrogen-bond donors (Lipinski definition) is 0. The Labute approximate surface area is 217 Å². The van der Waals surface area contributed by atoms with E-state index in [0.717, 1.165) is 32.2 Å². The highest BCUT2D eigenvalue weighted by Crippen LogP contribution is 2.38. The molecular formula is C32H20N2S2. The lowest BCUT2D eigenvalue weighted by atomic mass is 9.97. The minimum absolute atomic E-state index is 1.03. The molecule has 0 unspecified atom stereocenters. The maximum absolute atomic E-state index is 4.95. The smallest absolute Gasteiger partial charge is 0.124 e. The zero-order valence-electron chi connectivity index (χ0n) is 19.3. The van der Waals surface area contributed by atoms with E-state index in [1.54, 1.807) is 22.7 Å². The molecule has 0 spiro atoms. The average molecular weight is 497 g/mol. The van der Waals surface area contributed by atoms with Gasteiger partial charge in [0.05, 0.1) is 20.4 Å². The third-order valence-corrected chi connectivity index (χ3v) is 8.51. The molecule has 4 heteroatoms. The fourth-order valence-electron chi connectivity index (χ4n) is 4.52. The van der Waals surface area contributed by atoms with Gasteiger partial charge in [0, 0.05) is 11.1 Å². The molecule has 0 aliphatic heterocycles. The summed E-state index contributed by atoms with van der Waals surface area (Å²) < 4.78 is 2.40. The third kappa shape index (κ3) is 3.91. The largest absolute Gasteiger partial charge is 0.236 e. The van der Waals surface area contributed by atoms with E-state index in [0.29, 0.717) is 0 Å². The highest BCUT2D eigenvalue weighted by molar-refractivity contribution is 7.22. The summed E-state index contributed by atoms with van der Waals surface area (Å²) in [5.74, 6) is 0. The van der Waals surface area contributed by atoms with E-state index in [9.17, 15) is 0 Å². The fraction of sp³-hybridized carbons (Fsp3) is 0. The Morgan fingerprint density at radius 3 is 1.31 bits per heavy atom. The van der Waals surface area contributed by atoms with Crippen LogP contribution in [0.3, 0.4) is 0 Å². The summed E-state index contributed by atoms with van der Waals surface area (Å²) in [5.41, 5.74) is 9.11. The maximum atomic E-state index is 4.95. The lowest BCUT2D eigenvalue weighted by Gasteiger charge is -2.09. The second-order valence-corrected chi connectivity index (χ2v) is 10.8. The second kappa shape index (κ2) is 8.83. The number of aromatic nitrogens is 2. The highest BCUT2D eigenvalue weighted by Gasteiger charge is 2.13. The number of para-hydroxylation sites is 2. The van der Waals surface area contributed by atoms with Crippen molar-refractivity contribution in [2.45, 2.75) is 0 Å². The summed E-state index contributed by atoms with van der Waals surface area (Å²) in [5, 5.41) is 2.06. The van der Waals surface area contributed by atoms with E-state index in [2.05, 4.69) is 109 Å². The molecule has 7 aromatic rings. The SMILES string of the molecule is c1ccc(-c2ccc(-c3cc(-c4nc5ccccc5s4)cc(-c4nc5ccccc5s4)c3)cc2)cc1. The van der Waals surface area contributed by atoms with E-state index in [1.807, 2.05) is 12.1 Å². The first-order valence-corrected chi connectivity index (χ1v) is 13.5. The van der Waals surface area contributed by atoms with Crippen molar-refractivity contribution in [3.63, 3.8) is 0 Å². The van der Waals surface area contributed by atoms with Crippen LogP contribution in [-0.4, -0.2) is 9.97 Å². The van der Waals surface area contributed by atoms with Gasteiger partial charge in [0.2, 0.25) is 0 Å². The van der Waals surface area contributed by atoms with E-state index >= 15 is 0 Å². The topological polar surface area (TPSA) is 25.8 Å². The molecule has 2 aromatic heterocycles. The highest BCUT2D eigenvalue weighted by atomic mass is 32.1. The molecule has 0 radical (unpaired) electrons. The molecule has 0 aliphatic carbocycles. The van der Waals surface area contributed by atoms with Gasteiger partial charge < -0.3 is 0 Å². The van der Waals surface area contributed by atoms with Gasteiger partial charge in [0.15, 0.2) is 0 Å². The zero-order chi connectivity index (χ0) is 23.9. The van der Waals surface area contributed by atoms with Crippen LogP contribution in [0.1, 0.15) is 0 Å². The normalized spacial score (nSPS) is 11.3. The van der Waals surface area contributed by atoms with Gasteiger partial charge in [0.25, 0.3) is 0 Å². The first-order chi connectivity index (χ1) is 17.8. The Morgan fingerprint density at radius 1 is 0.361 bits per heavy atom. The Morgan fingerprint density at radius 2 is 0.778 bits per heavy atom. The Kier molecular flexibility index (Phi) is 5.20. The van der Waals surface area contributed by atoms with Gasteiger partial charge in [-0.05, 0) is 64.7 Å². The van der Waals surface area contributed by atoms with Crippen molar-refractivity contribution in [3.05, 3.63) is 121 Å². The maximum Gasteiger partial charge on any atom is 0.124 e. The minimum atomic E-state index is 1.03. The van der Waals surface area contributed by atoms with Gasteiger partial charge in [-0.3, -0.25) is 0 Å². The number of benzene rings is 5. The first kappa shape index (κ1) is 21.2. The number of fused-ring (bicyclic) bond motifs is 2. The van der Waals surface area contributed by atoms with Crippen LogP contribution in [0.4, 0.5) is 0 Å². The van der Waals surface area contributed by atoms with Crippen molar-refractivity contribution in [1.29, 1.82) is 0 Å². The molecule has 0 saturated heterocycles. The number of thiazole rings is 2. The Bertz CT molecular complexity index is 1670. The predicted molar refractivity (Wildman–Crippen MR) is 155 cm³/mol. The summed E-state index contributed by atoms with van der Waals surface area (Å²) in [7, 11) is 0. The molecule has 170 valence electrons. The van der Waals surface area contributed by atoms with Crippen LogP contribution >= 0.6 is 22.7 Å². The van der Waals surface area contributed by atoms with E-state index in [4.69, 9.17) is 9.97 Å². The molecule has 2 heterocycles. The van der Waals surface area contributed by atoms with Gasteiger partial charge in [-0.15, -0.1) is 22.7 Å². The summed E-state index contributed by atoms with van der Waals surface area (Å²) >= 11 is 3.47. The number of hydrogen-bond acceptors (Lipinski definition) is 4. The number of nitrogens with zero attached hydrogens (tertiary/aromatic N) is 2. The van der Waals surface area contributed by atoms with Crippen LogP contribution in [0.5, 0.6) is 0 Å². The molecule has 36 heavy (non-hydrogen) atoms. The second-order valence-electron chi connectivity index (χ2n) is 8.72. The van der Waals surface area contributed by atoms with Crippen molar-refractivity contribution in [2.75, 3.05) is 0 Å². The lowest BCUT2D eigenvalue weighted by molar-refractivity contribution is 1.45. The van der Waals surface area contributed by atoms with Crippen molar-refractivity contribution in [2.24, 2.45) is 0 Å². The van der Waals surface area contributed by atoms with Crippen molar-refractivity contribution in [3.8, 4) is 43.4 Å². The van der Waals surface area contributed by atoms with Crippen molar-refractivity contribution >= 4 is 43.1 Å². The van der Waals surface area contributed by atoms with Gasteiger partial charge in [-0.25, -0.2) is 9.97 Å². The molecule has 0 amide bonds. The Balaban J connectivity index is 1.38. The van der Waals surface area contributed by atoms with E-state index in [1.165, 1.54) is 31.7 Å². The predicted octanol–water partition coefficient (Wildman–Crippen LogP) is 9.57. The van der Waals surface area contributed by atoms with Gasteiger partial charge in [-0.1, -0.05) is 78.9 Å². The lowest BCUT2D eigenvalue weighted by Crippen LogP contribution is -1.86. The fourth-order valence-corrected chi connectivity index (χ4v) is 6.42. The molecule has 2 nitrogen and oxygen atoms in total. The standard InChI is InChI=1S/C32H20N2S2/c1-2-8-21(9-3-1)22-14-16-23(17-15-22)24-18-25(31-33-27-10-4-6-12-29(27)35-31)20-26(19-24)32-34-28-11-5-7-13-30(28)36-32/h1-20H. The van der Waals surface area contributed by atoms with Crippen molar-refractivity contribution in [1.82, 2.24) is 9.97 Å². The van der Waals surface area contributed by atoms with Crippen molar-refractivity contribution < 1.29 is 0 Å². The molecule has 7 rings (SSSR count). The number of rotatable bonds is 4. The molecule has 0 fully saturated rings. The minimum Gasteiger partial charge on any atom is -0.236 e. The van der Waals surface area contributed by atoms with Gasteiger partial charge in [0.1, 0.15) is 10.0 Å². The third-order valence-electron chi connectivity index (χ3n) is 6.34. The average Bonchev–Trinajstić information content (AvgIpc) is 3.58. The molecule has 0 aliphatic rings. The zero-order valence-corrected chi connectivity index (χ0v) is 20.9. The van der Waals surface area contributed by atoms with E-state index < -0.39 is 0 Å². The summed E-state index contributed by atoms with van der Waals surface area (Å²) in [6, 6.07) is 42.7. The quantitative estimate of drug-likeness (QED) is 0.242. The molecule has 0 atom stereocenters. The van der Waals surface area contributed by atoms with Gasteiger partial charge in [-0.2, -0.15) is 0 Å². The van der Waals surface area contributed by atoms with Crippen LogP contribution in [0, 0.1) is 0 Å². The molecule has 0 saturated carbocycles. The summed E-state index contributed by atoms with van der Waals surface area (Å²) in [6.07, 6.45) is 0. The summed E-state index contributed by atoms with van der Waals surface area (Å²) in [4.78, 5) is 9.90. The monoisotopic (exact) mass is 496 g/mol. The van der Waals surface area contributed by atoms with Gasteiger partial charge >= 0.3 is 0 Å². The first-order valence-electron chi connectivity index (χ1n) is 11.8. The van der Waals surface area contributed by atoms with Crippen LogP contribution in [0.15, 0.2) is 121 Å². The van der Waals surface area contributed by atoms with Crippen LogP contribution in [0.2, 0.25) is 0 Å². The molecule has 0 N–H and O–H groups in total. The van der Waals surface area contributed by atoms with Crippen LogP contribution in [0.25, 0.3) is 63.8 Å². The van der Waals surface area contributed by atoms with Crippen LogP contribution in [-0.2, 0) is 0 Å².